The van der Waals surface area contributed by atoms with Gasteiger partial charge in [-0.15, -0.1) is 0 Å². The lowest BCUT2D eigenvalue weighted by atomic mass is 10.2. The zero-order chi connectivity index (χ0) is 10.8. The van der Waals surface area contributed by atoms with Crippen molar-refractivity contribution in [1.29, 1.82) is 0 Å². The van der Waals surface area contributed by atoms with Gasteiger partial charge in [-0.25, -0.2) is 4.79 Å². The Hall–Kier alpha value is -1.15. The minimum atomic E-state index is -4.73. The van der Waals surface area contributed by atoms with E-state index in [1.165, 1.54) is 0 Å². The van der Waals surface area contributed by atoms with E-state index >= 15 is 0 Å². The topological polar surface area (TPSA) is 105 Å². The molecule has 0 aliphatic carbocycles. The van der Waals surface area contributed by atoms with E-state index in [0.29, 0.717) is 18.8 Å². The van der Waals surface area contributed by atoms with Crippen molar-refractivity contribution in [2.24, 2.45) is 4.99 Å². The Balaban J connectivity index is 2.66. The molecule has 1 atom stereocenters. The Labute approximate surface area is 81.1 Å². The van der Waals surface area contributed by atoms with Crippen molar-refractivity contribution < 1.29 is 21.9 Å². The molecule has 0 radical (unpaired) electrons. The van der Waals surface area contributed by atoms with Crippen LogP contribution >= 0.6 is 0 Å². The van der Waals surface area contributed by atoms with Gasteiger partial charge in [0.05, 0.1) is 5.84 Å². The van der Waals surface area contributed by atoms with Gasteiger partial charge in [-0.2, -0.15) is 8.42 Å². The lowest BCUT2D eigenvalue weighted by molar-refractivity contribution is -0.135. The first kappa shape index (κ1) is 10.9. The maximum atomic E-state index is 11.1. The molecular formula is C6H10N2O5S. The molecule has 0 fully saturated rings. The molecule has 1 aliphatic heterocycles. The molecule has 0 unspecified atom stereocenters. The summed E-state index contributed by atoms with van der Waals surface area (Å²) in [6.07, 6.45) is 0.339. The minimum absolute atomic E-state index is 0.339. The fourth-order valence-electron chi connectivity index (χ4n) is 1.06. The summed E-state index contributed by atoms with van der Waals surface area (Å²) in [6, 6.07) is -0.863. The van der Waals surface area contributed by atoms with Crippen molar-refractivity contribution in [3.05, 3.63) is 0 Å². The number of hydrogen-bond donors (Lipinski definition) is 2. The van der Waals surface area contributed by atoms with E-state index < -0.39 is 22.4 Å². The highest BCUT2D eigenvalue weighted by Gasteiger charge is 2.25. The van der Waals surface area contributed by atoms with Gasteiger partial charge >= 0.3 is 16.4 Å². The molecule has 0 aromatic rings. The molecule has 0 saturated carbocycles. The van der Waals surface area contributed by atoms with E-state index in [4.69, 9.17) is 4.55 Å². The quantitative estimate of drug-likeness (QED) is 0.587. The van der Waals surface area contributed by atoms with Gasteiger partial charge in [0.2, 0.25) is 0 Å². The minimum Gasteiger partial charge on any atom is -0.374 e. The highest BCUT2D eigenvalue weighted by atomic mass is 32.3. The molecule has 0 bridgehead atoms. The molecule has 0 spiro atoms. The number of nitrogens with zero attached hydrogens (tertiary/aromatic N) is 1. The van der Waals surface area contributed by atoms with Crippen molar-refractivity contribution >= 4 is 22.2 Å². The lowest BCUT2D eigenvalue weighted by Crippen LogP contribution is -2.36. The van der Waals surface area contributed by atoms with Gasteiger partial charge in [0.25, 0.3) is 0 Å². The first-order valence-corrected chi connectivity index (χ1v) is 5.24. The molecule has 1 aliphatic rings. The smallest absolute Gasteiger partial charge is 0.374 e. The fraction of sp³-hybridized carbons (Fsp3) is 0.667. The van der Waals surface area contributed by atoms with E-state index in [1.54, 1.807) is 6.92 Å². The van der Waals surface area contributed by atoms with Crippen LogP contribution in [0, 0.1) is 0 Å². The Morgan fingerprint density at radius 2 is 2.36 bits per heavy atom. The molecule has 1 heterocycles. The summed E-state index contributed by atoms with van der Waals surface area (Å²) >= 11 is 0. The van der Waals surface area contributed by atoms with Crippen LogP contribution in [0.4, 0.5) is 0 Å². The van der Waals surface area contributed by atoms with E-state index in [2.05, 4.69) is 14.5 Å². The monoisotopic (exact) mass is 222 g/mol. The first-order chi connectivity index (χ1) is 6.38. The van der Waals surface area contributed by atoms with Crippen molar-refractivity contribution in [3.63, 3.8) is 0 Å². The van der Waals surface area contributed by atoms with Crippen molar-refractivity contribution in [2.75, 3.05) is 6.54 Å². The molecule has 14 heavy (non-hydrogen) atoms. The zero-order valence-corrected chi connectivity index (χ0v) is 8.24. The standard InChI is InChI=1S/C6H10N2O5S/c1-4-7-3-2-5(8-4)6(9)13-14(10,11)12/h5H,2-3H2,1H3,(H,7,8)(H,10,11,12)/t5-/m0/s1. The predicted molar refractivity (Wildman–Crippen MR) is 47.2 cm³/mol. The molecule has 0 amide bonds. The normalized spacial score (nSPS) is 22.1. The highest BCUT2D eigenvalue weighted by Crippen LogP contribution is 2.06. The average molecular weight is 222 g/mol. The first-order valence-electron chi connectivity index (χ1n) is 3.87. The van der Waals surface area contributed by atoms with Crippen LogP contribution in [0.5, 0.6) is 0 Å². The third-order valence-corrected chi connectivity index (χ3v) is 1.98. The number of carbonyl (C=O) groups excluding carboxylic acids is 1. The fourth-order valence-corrected chi connectivity index (χ4v) is 1.38. The third kappa shape index (κ3) is 3.30. The van der Waals surface area contributed by atoms with E-state index in [1.807, 2.05) is 0 Å². The van der Waals surface area contributed by atoms with Crippen LogP contribution in [0.2, 0.25) is 0 Å². The molecule has 0 aromatic carbocycles. The van der Waals surface area contributed by atoms with Gasteiger partial charge in [0, 0.05) is 6.54 Å². The van der Waals surface area contributed by atoms with Gasteiger partial charge in [-0.05, 0) is 13.3 Å². The molecule has 0 aromatic heterocycles. The SMILES string of the molecule is CC1=N[C@H](C(=O)OS(=O)(=O)O)CCN1. The molecule has 0 saturated heterocycles. The Kier molecular flexibility index (Phi) is 3.06. The number of aliphatic imine (C=N–C) groups is 1. The van der Waals surface area contributed by atoms with Gasteiger partial charge < -0.3 is 9.50 Å². The average Bonchev–Trinajstić information content (AvgIpc) is 2.01. The van der Waals surface area contributed by atoms with E-state index in [-0.39, 0.29) is 0 Å². The second-order valence-corrected chi connectivity index (χ2v) is 3.80. The van der Waals surface area contributed by atoms with Crippen LogP contribution in [0.3, 0.4) is 0 Å². The largest absolute Gasteiger partial charge is 0.449 e. The maximum Gasteiger partial charge on any atom is 0.449 e. The summed E-state index contributed by atoms with van der Waals surface area (Å²) in [6.45, 7) is 2.16. The van der Waals surface area contributed by atoms with E-state index in [0.717, 1.165) is 0 Å². The number of hydrogen-bond acceptors (Lipinski definition) is 6. The molecule has 1 rings (SSSR count). The Morgan fingerprint density at radius 3 is 2.86 bits per heavy atom. The summed E-state index contributed by atoms with van der Waals surface area (Å²) in [7, 11) is -4.73. The van der Waals surface area contributed by atoms with Gasteiger partial charge in [-0.3, -0.25) is 9.55 Å². The van der Waals surface area contributed by atoms with Crippen molar-refractivity contribution in [1.82, 2.24) is 5.32 Å². The van der Waals surface area contributed by atoms with Crippen LogP contribution in [-0.4, -0.2) is 37.4 Å². The Bertz CT molecular complexity index is 360. The zero-order valence-electron chi connectivity index (χ0n) is 7.43. The van der Waals surface area contributed by atoms with E-state index in [9.17, 15) is 13.2 Å². The summed E-state index contributed by atoms with van der Waals surface area (Å²) in [5, 5.41) is 2.86. The highest BCUT2D eigenvalue weighted by molar-refractivity contribution is 7.81. The molecule has 7 nitrogen and oxygen atoms in total. The van der Waals surface area contributed by atoms with Crippen LogP contribution < -0.4 is 5.32 Å². The van der Waals surface area contributed by atoms with Crippen LogP contribution in [0.15, 0.2) is 4.99 Å². The molecule has 80 valence electrons. The summed E-state index contributed by atoms with van der Waals surface area (Å²) < 4.78 is 32.5. The van der Waals surface area contributed by atoms with Crippen molar-refractivity contribution in [3.8, 4) is 0 Å². The van der Waals surface area contributed by atoms with Crippen LogP contribution in [0.25, 0.3) is 0 Å². The van der Waals surface area contributed by atoms with Gasteiger partial charge in [0.15, 0.2) is 6.04 Å². The second kappa shape index (κ2) is 3.93. The number of nitrogens with one attached hydrogen (secondary N) is 1. The maximum absolute atomic E-state index is 11.1. The van der Waals surface area contributed by atoms with Gasteiger partial charge in [0.1, 0.15) is 0 Å². The van der Waals surface area contributed by atoms with Crippen LogP contribution in [-0.2, 0) is 19.4 Å². The Morgan fingerprint density at radius 1 is 1.71 bits per heavy atom. The van der Waals surface area contributed by atoms with Crippen LogP contribution in [0.1, 0.15) is 13.3 Å². The van der Waals surface area contributed by atoms with Crippen molar-refractivity contribution in [2.45, 2.75) is 19.4 Å². The summed E-state index contributed by atoms with van der Waals surface area (Å²) in [5.74, 6) is -0.526. The lowest BCUT2D eigenvalue weighted by Gasteiger charge is -2.17. The summed E-state index contributed by atoms with van der Waals surface area (Å²) in [5.41, 5.74) is 0. The number of rotatable bonds is 2. The number of carbonyl (C=O) groups is 1. The number of amidine groups is 1. The molecular weight excluding hydrogens is 212 g/mol. The predicted octanol–water partition coefficient (Wildman–Crippen LogP) is -0.887. The third-order valence-electron chi connectivity index (χ3n) is 1.61. The second-order valence-electron chi connectivity index (χ2n) is 2.78. The molecule has 8 heteroatoms. The summed E-state index contributed by atoms with van der Waals surface area (Å²) in [4.78, 5) is 14.9. The van der Waals surface area contributed by atoms with Gasteiger partial charge in [-0.1, -0.05) is 0 Å². The molecule has 2 N–H and O–H groups in total.